The Labute approximate surface area is 167 Å². The molecule has 0 fully saturated rings. The second-order valence-electron chi connectivity index (χ2n) is 6.78. The van der Waals surface area contributed by atoms with Gasteiger partial charge in [-0.25, -0.2) is 4.99 Å². The number of nitrogen functional groups attached to an aromatic ring is 1. The van der Waals surface area contributed by atoms with Crippen molar-refractivity contribution in [1.82, 2.24) is 0 Å². The molecule has 0 saturated carbocycles. The number of benzene rings is 3. The molecule has 1 aliphatic heterocycles. The third-order valence-electron chi connectivity index (χ3n) is 4.84. The highest BCUT2D eigenvalue weighted by molar-refractivity contribution is 7.99. The SMILES string of the molecule is N=C1C=CC(=c2ccc3c(c2)Sc2cc(-c4ccc(N)cc4)ccc2N=3)C=C1. The highest BCUT2D eigenvalue weighted by Gasteiger charge is 2.13. The van der Waals surface area contributed by atoms with Gasteiger partial charge >= 0.3 is 0 Å². The molecule has 3 aromatic rings. The summed E-state index contributed by atoms with van der Waals surface area (Å²) in [6.45, 7) is 0. The van der Waals surface area contributed by atoms with Crippen molar-refractivity contribution in [2.75, 3.05) is 5.73 Å². The van der Waals surface area contributed by atoms with Crippen molar-refractivity contribution in [2.45, 2.75) is 9.79 Å². The van der Waals surface area contributed by atoms with E-state index in [0.717, 1.165) is 48.4 Å². The summed E-state index contributed by atoms with van der Waals surface area (Å²) in [6.07, 6.45) is 7.62. The number of hydrogen-bond acceptors (Lipinski definition) is 4. The van der Waals surface area contributed by atoms with Gasteiger partial charge in [-0.1, -0.05) is 48.2 Å². The van der Waals surface area contributed by atoms with Gasteiger partial charge in [-0.2, -0.15) is 0 Å². The first-order valence-corrected chi connectivity index (χ1v) is 9.83. The molecule has 3 N–H and O–H groups in total. The van der Waals surface area contributed by atoms with E-state index in [9.17, 15) is 0 Å². The molecule has 3 nitrogen and oxygen atoms in total. The Morgan fingerprint density at radius 3 is 2.29 bits per heavy atom. The molecule has 0 radical (unpaired) electrons. The van der Waals surface area contributed by atoms with Crippen molar-refractivity contribution in [2.24, 2.45) is 4.99 Å². The van der Waals surface area contributed by atoms with Crippen LogP contribution in [0.5, 0.6) is 0 Å². The number of nitrogens with two attached hydrogens (primary N) is 1. The molecule has 0 saturated heterocycles. The highest BCUT2D eigenvalue weighted by atomic mass is 32.2. The molecule has 0 bridgehead atoms. The van der Waals surface area contributed by atoms with Gasteiger partial charge in [0.2, 0.25) is 0 Å². The van der Waals surface area contributed by atoms with Gasteiger partial charge in [-0.3, -0.25) is 0 Å². The Kier molecular flexibility index (Phi) is 3.99. The Morgan fingerprint density at radius 1 is 0.750 bits per heavy atom. The molecule has 1 aliphatic carbocycles. The fraction of sp³-hybridized carbons (Fsp3) is 0. The van der Waals surface area contributed by atoms with E-state index in [4.69, 9.17) is 16.1 Å². The zero-order valence-corrected chi connectivity index (χ0v) is 15.8. The van der Waals surface area contributed by atoms with Gasteiger partial charge in [0, 0.05) is 15.5 Å². The van der Waals surface area contributed by atoms with E-state index in [1.165, 1.54) is 0 Å². The molecule has 1 heterocycles. The topological polar surface area (TPSA) is 62.2 Å². The predicted molar refractivity (Wildman–Crippen MR) is 117 cm³/mol. The maximum Gasteiger partial charge on any atom is 0.0777 e. The first-order valence-electron chi connectivity index (χ1n) is 9.01. The fourth-order valence-corrected chi connectivity index (χ4v) is 4.37. The minimum Gasteiger partial charge on any atom is -0.399 e. The van der Waals surface area contributed by atoms with Crippen LogP contribution >= 0.6 is 11.8 Å². The van der Waals surface area contributed by atoms with E-state index in [-0.39, 0.29) is 0 Å². The van der Waals surface area contributed by atoms with Crippen molar-refractivity contribution in [1.29, 1.82) is 5.41 Å². The average Bonchev–Trinajstić information content (AvgIpc) is 2.72. The van der Waals surface area contributed by atoms with Crippen molar-refractivity contribution >= 4 is 34.4 Å². The average molecular weight is 379 g/mol. The quantitative estimate of drug-likeness (QED) is 0.473. The van der Waals surface area contributed by atoms with Crippen LogP contribution in [0.25, 0.3) is 16.7 Å². The predicted octanol–water partition coefficient (Wildman–Crippen LogP) is 4.65. The van der Waals surface area contributed by atoms with E-state index < -0.39 is 0 Å². The van der Waals surface area contributed by atoms with Crippen LogP contribution in [0, 0.1) is 5.41 Å². The van der Waals surface area contributed by atoms with Crippen LogP contribution in [-0.4, -0.2) is 5.71 Å². The standard InChI is InChI=1S/C24H17N3S/c25-19-7-1-15(2-8-19)17-5-11-21-23(13-17)28-24-14-18(6-12-22(24)27-21)16-3-9-20(26)10-4-16/h1-14,25H,26H2. The Bertz CT molecular complexity index is 1280. The summed E-state index contributed by atoms with van der Waals surface area (Å²) in [6, 6.07) is 20.7. The van der Waals surface area contributed by atoms with Crippen molar-refractivity contribution in [3.8, 4) is 11.1 Å². The molecular formula is C24H17N3S. The van der Waals surface area contributed by atoms with Crippen molar-refractivity contribution < 1.29 is 0 Å². The van der Waals surface area contributed by atoms with Crippen LogP contribution in [0.1, 0.15) is 0 Å². The van der Waals surface area contributed by atoms with E-state index in [0.29, 0.717) is 5.71 Å². The second-order valence-corrected chi connectivity index (χ2v) is 7.86. The van der Waals surface area contributed by atoms with Crippen LogP contribution in [0.4, 0.5) is 11.4 Å². The van der Waals surface area contributed by atoms with Gasteiger partial charge in [0.15, 0.2) is 0 Å². The molecule has 5 rings (SSSR count). The molecule has 2 aliphatic rings. The number of hydrogen-bond donors (Lipinski definition) is 2. The summed E-state index contributed by atoms with van der Waals surface area (Å²) in [5, 5.41) is 9.80. The molecule has 4 heteroatoms. The minimum absolute atomic E-state index is 0.523. The highest BCUT2D eigenvalue weighted by Crippen LogP contribution is 2.39. The molecular weight excluding hydrogens is 362 g/mol. The lowest BCUT2D eigenvalue weighted by atomic mass is 10.0. The maximum absolute atomic E-state index is 7.66. The number of allylic oxidation sites excluding steroid dienone is 4. The maximum atomic E-state index is 7.66. The van der Waals surface area contributed by atoms with Gasteiger partial charge in [0.05, 0.1) is 16.8 Å². The molecule has 0 aromatic heterocycles. The minimum atomic E-state index is 0.523. The van der Waals surface area contributed by atoms with Gasteiger partial charge in [-0.15, -0.1) is 0 Å². The first kappa shape index (κ1) is 16.8. The number of rotatable bonds is 1. The number of anilines is 1. The Hall–Kier alpha value is -3.37. The lowest BCUT2D eigenvalue weighted by molar-refractivity contribution is 1.16. The van der Waals surface area contributed by atoms with Crippen molar-refractivity contribution in [3.05, 3.63) is 95.5 Å². The lowest BCUT2D eigenvalue weighted by Gasteiger charge is -2.14. The largest absolute Gasteiger partial charge is 0.399 e. The van der Waals surface area contributed by atoms with E-state index >= 15 is 0 Å². The third kappa shape index (κ3) is 3.08. The molecule has 28 heavy (non-hydrogen) atoms. The second kappa shape index (κ2) is 6.66. The third-order valence-corrected chi connectivity index (χ3v) is 5.94. The monoisotopic (exact) mass is 379 g/mol. The fourth-order valence-electron chi connectivity index (χ4n) is 3.32. The zero-order valence-electron chi connectivity index (χ0n) is 15.0. The molecule has 134 valence electrons. The summed E-state index contributed by atoms with van der Waals surface area (Å²) in [5.41, 5.74) is 11.5. The number of nitrogens with one attached hydrogen (secondary N) is 1. The summed E-state index contributed by atoms with van der Waals surface area (Å²) >= 11 is 1.75. The van der Waals surface area contributed by atoms with Gasteiger partial charge in [0.25, 0.3) is 0 Å². The van der Waals surface area contributed by atoms with Gasteiger partial charge in [-0.05, 0) is 70.5 Å². The lowest BCUT2D eigenvalue weighted by Crippen LogP contribution is -2.15. The van der Waals surface area contributed by atoms with Crippen LogP contribution in [-0.2, 0) is 0 Å². The van der Waals surface area contributed by atoms with Crippen LogP contribution in [0.3, 0.4) is 0 Å². The molecule has 0 unspecified atom stereocenters. The molecule has 0 atom stereocenters. The molecule has 0 amide bonds. The smallest absolute Gasteiger partial charge is 0.0777 e. The Balaban J connectivity index is 1.57. The van der Waals surface area contributed by atoms with E-state index in [1.54, 1.807) is 11.8 Å². The van der Waals surface area contributed by atoms with Gasteiger partial charge in [0.1, 0.15) is 0 Å². The normalized spacial score (nSPS) is 14.4. The summed E-state index contributed by atoms with van der Waals surface area (Å²) < 4.78 is 0. The van der Waals surface area contributed by atoms with Gasteiger partial charge < -0.3 is 11.1 Å². The molecule has 0 spiro atoms. The first-order chi connectivity index (χ1) is 13.7. The molecule has 3 aromatic carbocycles. The Morgan fingerprint density at radius 2 is 1.50 bits per heavy atom. The number of fused-ring (bicyclic) bond motifs is 2. The van der Waals surface area contributed by atoms with E-state index in [1.807, 2.05) is 48.6 Å². The van der Waals surface area contributed by atoms with Crippen LogP contribution in [0.15, 0.2) is 99.8 Å². The summed E-state index contributed by atoms with van der Waals surface area (Å²) in [7, 11) is 0. The van der Waals surface area contributed by atoms with Crippen molar-refractivity contribution in [3.63, 3.8) is 0 Å². The summed E-state index contributed by atoms with van der Waals surface area (Å²) in [5.74, 6) is 0. The zero-order chi connectivity index (χ0) is 19.1. The van der Waals surface area contributed by atoms with E-state index in [2.05, 4.69) is 36.4 Å². The summed E-state index contributed by atoms with van der Waals surface area (Å²) in [4.78, 5) is 7.14. The van der Waals surface area contributed by atoms with Crippen LogP contribution in [0.2, 0.25) is 0 Å². The van der Waals surface area contributed by atoms with Crippen LogP contribution < -0.4 is 16.3 Å². The number of nitrogens with zero attached hydrogens (tertiary/aromatic N) is 1.